The van der Waals surface area contributed by atoms with Crippen molar-refractivity contribution in [1.82, 2.24) is 15.3 Å². The van der Waals surface area contributed by atoms with Crippen LogP contribution < -0.4 is 5.43 Å². The van der Waals surface area contributed by atoms with Crippen LogP contribution in [0, 0.1) is 16.7 Å². The molecule has 27 heavy (non-hydrogen) atoms. The highest BCUT2D eigenvalue weighted by molar-refractivity contribution is 5.87. The number of likely N-dealkylation sites (tertiary alicyclic amines) is 1. The number of amides is 2. The van der Waals surface area contributed by atoms with Gasteiger partial charge in [0.25, 0.3) is 0 Å². The summed E-state index contributed by atoms with van der Waals surface area (Å²) in [6, 6.07) is 0.194. The van der Waals surface area contributed by atoms with E-state index in [1.54, 1.807) is 0 Å². The maximum absolute atomic E-state index is 13.4. The van der Waals surface area contributed by atoms with Crippen molar-refractivity contribution in [3.8, 4) is 0 Å². The summed E-state index contributed by atoms with van der Waals surface area (Å²) < 4.78 is 0. The predicted molar refractivity (Wildman–Crippen MR) is 107 cm³/mol. The number of hydrogen-bond acceptors (Lipinski definition) is 3. The van der Waals surface area contributed by atoms with Gasteiger partial charge < -0.3 is 4.90 Å². The molecular formula is C22H35N3O2. The minimum Gasteiger partial charge on any atom is -0.342 e. The zero-order chi connectivity index (χ0) is 19.7. The summed E-state index contributed by atoms with van der Waals surface area (Å²) in [4.78, 5) is 28.4. The first-order valence-corrected chi connectivity index (χ1v) is 10.5. The Balaban J connectivity index is 1.73. The summed E-state index contributed by atoms with van der Waals surface area (Å²) >= 11 is 0. The Hall–Kier alpha value is -1.78. The van der Waals surface area contributed by atoms with E-state index in [0.29, 0.717) is 0 Å². The maximum Gasteiger partial charge on any atom is 0.244 e. The van der Waals surface area contributed by atoms with Crippen molar-refractivity contribution in [3.05, 3.63) is 24.4 Å². The molecule has 3 rings (SSSR count). The van der Waals surface area contributed by atoms with Gasteiger partial charge in [-0.3, -0.25) is 20.0 Å². The van der Waals surface area contributed by atoms with Crippen molar-refractivity contribution in [2.24, 2.45) is 16.7 Å². The maximum atomic E-state index is 13.4. The van der Waals surface area contributed by atoms with E-state index in [-0.39, 0.29) is 29.2 Å². The molecule has 0 aromatic heterocycles. The van der Waals surface area contributed by atoms with Gasteiger partial charge in [-0.2, -0.15) is 0 Å². The second kappa shape index (κ2) is 7.69. The first-order valence-electron chi connectivity index (χ1n) is 10.5. The van der Waals surface area contributed by atoms with E-state index in [1.165, 1.54) is 0 Å². The van der Waals surface area contributed by atoms with Crippen molar-refractivity contribution >= 4 is 11.8 Å². The summed E-state index contributed by atoms with van der Waals surface area (Å²) in [7, 11) is 0. The quantitative estimate of drug-likeness (QED) is 0.800. The van der Waals surface area contributed by atoms with Gasteiger partial charge in [0.1, 0.15) is 0 Å². The van der Waals surface area contributed by atoms with E-state index in [0.717, 1.165) is 51.6 Å². The number of rotatable bonds is 5. The van der Waals surface area contributed by atoms with Crippen LogP contribution in [0.4, 0.5) is 0 Å². The first-order chi connectivity index (χ1) is 12.8. The lowest BCUT2D eigenvalue weighted by molar-refractivity contribution is -0.145. The van der Waals surface area contributed by atoms with Gasteiger partial charge in [-0.1, -0.05) is 46.3 Å². The Kier molecular flexibility index (Phi) is 5.68. The van der Waals surface area contributed by atoms with Crippen LogP contribution in [0.15, 0.2) is 24.4 Å². The van der Waals surface area contributed by atoms with E-state index in [4.69, 9.17) is 0 Å². The van der Waals surface area contributed by atoms with Crippen molar-refractivity contribution < 1.29 is 9.59 Å². The molecule has 5 heteroatoms. The van der Waals surface area contributed by atoms with Gasteiger partial charge in [0.2, 0.25) is 11.8 Å². The molecule has 0 spiro atoms. The van der Waals surface area contributed by atoms with Crippen LogP contribution in [0.5, 0.6) is 0 Å². The standard InChI is InChI=1S/C22H35N3O2/c1-5-10-17-11-6-7-16-25(17)23-20(27)22(4)13-12-18(21(22,2)3)19(26)24-14-8-9-15-24/h6-7,11,16-18H,5,8-10,12-15H2,1-4H3,(H,23,27)/t17?,18-,22+/m1/s1. The number of carbonyl (C=O) groups excluding carboxylic acids is 2. The largest absolute Gasteiger partial charge is 0.342 e. The number of hydrazine groups is 1. The molecule has 0 aromatic rings. The summed E-state index contributed by atoms with van der Waals surface area (Å²) in [5.74, 6) is 0.207. The summed E-state index contributed by atoms with van der Waals surface area (Å²) in [6.45, 7) is 10.2. The van der Waals surface area contributed by atoms with E-state index < -0.39 is 5.41 Å². The number of nitrogens with zero attached hydrogens (tertiary/aromatic N) is 2. The van der Waals surface area contributed by atoms with Gasteiger partial charge in [0, 0.05) is 25.2 Å². The molecular weight excluding hydrogens is 338 g/mol. The minimum atomic E-state index is -0.557. The fraction of sp³-hybridized carbons (Fsp3) is 0.727. The third-order valence-corrected chi connectivity index (χ3v) is 7.31. The Morgan fingerprint density at radius 2 is 1.85 bits per heavy atom. The van der Waals surface area contributed by atoms with Crippen LogP contribution in [0.2, 0.25) is 0 Å². The topological polar surface area (TPSA) is 52.7 Å². The highest BCUT2D eigenvalue weighted by atomic mass is 16.2. The lowest BCUT2D eigenvalue weighted by Gasteiger charge is -2.42. The number of allylic oxidation sites excluding steroid dienone is 2. The van der Waals surface area contributed by atoms with E-state index in [9.17, 15) is 9.59 Å². The molecule has 0 bridgehead atoms. The molecule has 2 heterocycles. The minimum absolute atomic E-state index is 0.0327. The van der Waals surface area contributed by atoms with Gasteiger partial charge in [-0.05, 0) is 43.6 Å². The summed E-state index contributed by atoms with van der Waals surface area (Å²) in [5, 5.41) is 1.93. The number of nitrogens with one attached hydrogen (secondary N) is 1. The zero-order valence-electron chi connectivity index (χ0n) is 17.3. The third kappa shape index (κ3) is 3.53. The first kappa shape index (κ1) is 20.0. The van der Waals surface area contributed by atoms with Crippen molar-refractivity contribution in [3.63, 3.8) is 0 Å². The van der Waals surface area contributed by atoms with Gasteiger partial charge in [-0.25, -0.2) is 0 Å². The highest BCUT2D eigenvalue weighted by Crippen LogP contribution is 2.56. The SMILES string of the molecule is CCCC1C=CC=CN1NC(=O)[C@]1(C)CC[C@H](C(=O)N2CCCC2)C1(C)C. The average molecular weight is 374 g/mol. The van der Waals surface area contributed by atoms with Gasteiger partial charge in [0.15, 0.2) is 0 Å². The Labute approximate surface area is 163 Å². The van der Waals surface area contributed by atoms with Crippen molar-refractivity contribution in [1.29, 1.82) is 0 Å². The van der Waals surface area contributed by atoms with Crippen LogP contribution >= 0.6 is 0 Å². The molecule has 3 aliphatic rings. The molecule has 1 unspecified atom stereocenters. The van der Waals surface area contributed by atoms with E-state index in [2.05, 4.69) is 32.3 Å². The molecule has 0 radical (unpaired) electrons. The molecule has 5 nitrogen and oxygen atoms in total. The molecule has 1 aliphatic carbocycles. The Morgan fingerprint density at radius 1 is 1.15 bits per heavy atom. The highest BCUT2D eigenvalue weighted by Gasteiger charge is 2.58. The monoisotopic (exact) mass is 373 g/mol. The Morgan fingerprint density at radius 3 is 2.52 bits per heavy atom. The van der Waals surface area contributed by atoms with Gasteiger partial charge in [-0.15, -0.1) is 0 Å². The van der Waals surface area contributed by atoms with E-state index in [1.807, 2.05) is 35.2 Å². The molecule has 2 aliphatic heterocycles. The van der Waals surface area contributed by atoms with E-state index >= 15 is 0 Å². The smallest absolute Gasteiger partial charge is 0.244 e. The normalized spacial score (nSPS) is 32.1. The second-order valence-corrected chi connectivity index (χ2v) is 9.11. The lowest BCUT2D eigenvalue weighted by atomic mass is 9.65. The summed E-state index contributed by atoms with van der Waals surface area (Å²) in [5.41, 5.74) is 2.23. The van der Waals surface area contributed by atoms with Crippen LogP contribution in [0.25, 0.3) is 0 Å². The fourth-order valence-corrected chi connectivity index (χ4v) is 4.93. The molecule has 3 atom stereocenters. The van der Waals surface area contributed by atoms with Crippen LogP contribution in [0.3, 0.4) is 0 Å². The molecule has 1 saturated carbocycles. The average Bonchev–Trinajstić information content (AvgIpc) is 3.24. The molecule has 150 valence electrons. The van der Waals surface area contributed by atoms with Gasteiger partial charge in [0.05, 0.1) is 11.5 Å². The second-order valence-electron chi connectivity index (χ2n) is 9.11. The van der Waals surface area contributed by atoms with Crippen LogP contribution in [-0.2, 0) is 9.59 Å². The molecule has 0 aromatic carbocycles. The van der Waals surface area contributed by atoms with Gasteiger partial charge >= 0.3 is 0 Å². The molecule has 1 N–H and O–H groups in total. The van der Waals surface area contributed by atoms with Crippen LogP contribution in [-0.4, -0.2) is 40.9 Å². The van der Waals surface area contributed by atoms with Crippen LogP contribution in [0.1, 0.15) is 66.2 Å². The fourth-order valence-electron chi connectivity index (χ4n) is 4.93. The predicted octanol–water partition coefficient (Wildman–Crippen LogP) is 3.64. The number of hydrogen-bond donors (Lipinski definition) is 1. The third-order valence-electron chi connectivity index (χ3n) is 7.31. The van der Waals surface area contributed by atoms with Crippen molar-refractivity contribution in [2.45, 2.75) is 72.3 Å². The Bertz CT molecular complexity index is 633. The molecule has 2 amide bonds. The zero-order valence-corrected chi connectivity index (χ0v) is 17.3. The number of carbonyl (C=O) groups is 2. The molecule has 1 saturated heterocycles. The van der Waals surface area contributed by atoms with Crippen molar-refractivity contribution in [2.75, 3.05) is 13.1 Å². The molecule has 2 fully saturated rings. The summed E-state index contributed by atoms with van der Waals surface area (Å²) in [6.07, 6.45) is 13.9. The lowest BCUT2D eigenvalue weighted by Crippen LogP contribution is -2.54.